The molecule has 0 aromatic heterocycles. The smallest absolute Gasteiger partial charge is 0.00847 e. The van der Waals surface area contributed by atoms with E-state index in [4.69, 9.17) is 0 Å². The minimum Gasteiger partial charge on any atom is -0.0984 e. The minimum absolute atomic E-state index is 1.14. The van der Waals surface area contributed by atoms with Gasteiger partial charge in [-0.3, -0.25) is 0 Å². The van der Waals surface area contributed by atoms with Crippen LogP contribution >= 0.6 is 22.6 Å². The summed E-state index contributed by atoms with van der Waals surface area (Å²) in [6.07, 6.45) is 10.8. The van der Waals surface area contributed by atoms with Crippen molar-refractivity contribution < 1.29 is 0 Å². The van der Waals surface area contributed by atoms with E-state index < -0.39 is 0 Å². The number of hydrogen-bond acceptors (Lipinski definition) is 0. The van der Waals surface area contributed by atoms with Gasteiger partial charge < -0.3 is 0 Å². The predicted molar refractivity (Wildman–Crippen MR) is 125 cm³/mol. The molecule has 128 valence electrons. The summed E-state index contributed by atoms with van der Waals surface area (Å²) in [6.45, 7) is 6.07. The van der Waals surface area contributed by atoms with E-state index in [0.717, 1.165) is 12.8 Å². The first-order valence-electron chi connectivity index (χ1n) is 9.01. The lowest BCUT2D eigenvalue weighted by molar-refractivity contribution is 0.981. The molecule has 0 aliphatic heterocycles. The van der Waals surface area contributed by atoms with Crippen molar-refractivity contribution in [2.75, 3.05) is 0 Å². The molecule has 0 amide bonds. The second kappa shape index (κ2) is 7.24. The highest BCUT2D eigenvalue weighted by Gasteiger charge is 2.11. The van der Waals surface area contributed by atoms with E-state index in [1.54, 1.807) is 0 Å². The molecule has 1 aliphatic carbocycles. The van der Waals surface area contributed by atoms with Gasteiger partial charge in [-0.05, 0) is 102 Å². The summed E-state index contributed by atoms with van der Waals surface area (Å²) in [5.74, 6) is 0. The van der Waals surface area contributed by atoms with Gasteiger partial charge in [-0.1, -0.05) is 67.3 Å². The Morgan fingerprint density at radius 1 is 0.962 bits per heavy atom. The molecule has 0 nitrogen and oxygen atoms in total. The Morgan fingerprint density at radius 2 is 1.77 bits per heavy atom. The number of hydrogen-bond donors (Lipinski definition) is 0. The third kappa shape index (κ3) is 3.16. The van der Waals surface area contributed by atoms with Gasteiger partial charge in [0.1, 0.15) is 0 Å². The van der Waals surface area contributed by atoms with Gasteiger partial charge in [-0.2, -0.15) is 0 Å². The van der Waals surface area contributed by atoms with Crippen molar-refractivity contribution in [3.63, 3.8) is 0 Å². The SMILES string of the molecule is C=Cc1c(/C=C\C)ccc2cc(-c3ccc4c(c3)CCC(I)=C4)ccc12. The number of halogens is 1. The first-order valence-corrected chi connectivity index (χ1v) is 10.1. The van der Waals surface area contributed by atoms with Crippen LogP contribution in [0.1, 0.15) is 35.6 Å². The molecular weight excluding hydrogens is 427 g/mol. The lowest BCUT2D eigenvalue weighted by atomic mass is 9.91. The Hall–Kier alpha value is -2.13. The number of allylic oxidation sites excluding steroid dienone is 2. The van der Waals surface area contributed by atoms with Gasteiger partial charge in [0.05, 0.1) is 0 Å². The second-order valence-electron chi connectivity index (χ2n) is 6.71. The number of aryl methyl sites for hydroxylation is 1. The van der Waals surface area contributed by atoms with Crippen molar-refractivity contribution >= 4 is 51.6 Å². The molecule has 0 radical (unpaired) electrons. The van der Waals surface area contributed by atoms with E-state index in [2.05, 4.69) is 95.9 Å². The average molecular weight is 448 g/mol. The van der Waals surface area contributed by atoms with Crippen LogP contribution in [0.25, 0.3) is 40.1 Å². The molecule has 0 saturated heterocycles. The predicted octanol–water partition coefficient (Wildman–Crippen LogP) is 7.91. The fraction of sp³-hybridized carbons (Fsp3) is 0.120. The van der Waals surface area contributed by atoms with Crippen LogP contribution in [-0.4, -0.2) is 0 Å². The van der Waals surface area contributed by atoms with Crippen LogP contribution in [0.4, 0.5) is 0 Å². The Balaban J connectivity index is 1.81. The standard InChI is InChI=1S/C25H21I/c1-3-5-17-6-9-22-15-20(11-13-25(22)24(17)4-2)18-7-8-21-16-23(26)12-10-19(21)14-18/h3-9,11,13-16H,2,10,12H2,1H3/b5-3-. The molecule has 0 unspecified atom stereocenters. The molecule has 3 aromatic carbocycles. The van der Waals surface area contributed by atoms with Crippen LogP contribution in [-0.2, 0) is 6.42 Å². The van der Waals surface area contributed by atoms with Gasteiger partial charge >= 0.3 is 0 Å². The minimum atomic E-state index is 1.14. The van der Waals surface area contributed by atoms with Gasteiger partial charge in [0, 0.05) is 0 Å². The zero-order valence-electron chi connectivity index (χ0n) is 14.9. The van der Waals surface area contributed by atoms with E-state index in [1.807, 2.05) is 13.0 Å². The molecule has 0 bridgehead atoms. The first-order chi connectivity index (χ1) is 12.7. The fourth-order valence-corrected chi connectivity index (χ4v) is 4.35. The van der Waals surface area contributed by atoms with Crippen molar-refractivity contribution in [1.82, 2.24) is 0 Å². The molecule has 4 rings (SSSR count). The Morgan fingerprint density at radius 3 is 2.58 bits per heavy atom. The van der Waals surface area contributed by atoms with Crippen LogP contribution in [0.3, 0.4) is 0 Å². The van der Waals surface area contributed by atoms with Crippen molar-refractivity contribution in [1.29, 1.82) is 0 Å². The fourth-order valence-electron chi connectivity index (χ4n) is 3.74. The molecule has 0 saturated carbocycles. The molecule has 0 spiro atoms. The van der Waals surface area contributed by atoms with Crippen molar-refractivity contribution in [3.8, 4) is 11.1 Å². The van der Waals surface area contributed by atoms with Gasteiger partial charge in [0.15, 0.2) is 0 Å². The van der Waals surface area contributed by atoms with E-state index in [1.165, 1.54) is 47.7 Å². The highest BCUT2D eigenvalue weighted by atomic mass is 127. The van der Waals surface area contributed by atoms with Crippen LogP contribution < -0.4 is 0 Å². The molecule has 1 heteroatoms. The van der Waals surface area contributed by atoms with E-state index in [0.29, 0.717) is 0 Å². The molecule has 1 aliphatic rings. The summed E-state index contributed by atoms with van der Waals surface area (Å²) in [7, 11) is 0. The van der Waals surface area contributed by atoms with E-state index in [-0.39, 0.29) is 0 Å². The largest absolute Gasteiger partial charge is 0.0984 e. The molecule has 0 N–H and O–H groups in total. The lowest BCUT2D eigenvalue weighted by Crippen LogP contribution is -1.96. The normalized spacial score (nSPS) is 13.7. The van der Waals surface area contributed by atoms with Crippen molar-refractivity contribution in [2.45, 2.75) is 19.8 Å². The molecular formula is C25H21I. The van der Waals surface area contributed by atoms with Gasteiger partial charge in [-0.25, -0.2) is 0 Å². The second-order valence-corrected chi connectivity index (χ2v) is 8.10. The van der Waals surface area contributed by atoms with Crippen molar-refractivity contribution in [2.24, 2.45) is 0 Å². The molecule has 0 fully saturated rings. The Kier molecular flexibility index (Phi) is 4.82. The number of benzene rings is 3. The van der Waals surface area contributed by atoms with Crippen LogP contribution in [0.5, 0.6) is 0 Å². The first kappa shape index (κ1) is 17.3. The van der Waals surface area contributed by atoms with Gasteiger partial charge in [-0.15, -0.1) is 0 Å². The molecule has 0 heterocycles. The Bertz CT molecular complexity index is 1070. The molecule has 26 heavy (non-hydrogen) atoms. The average Bonchev–Trinajstić information content (AvgIpc) is 2.67. The lowest BCUT2D eigenvalue weighted by Gasteiger charge is -2.15. The summed E-state index contributed by atoms with van der Waals surface area (Å²) in [5, 5.41) is 2.52. The zero-order chi connectivity index (χ0) is 18.1. The summed E-state index contributed by atoms with van der Waals surface area (Å²) in [5.41, 5.74) is 7.83. The Labute approximate surface area is 169 Å². The quantitative estimate of drug-likeness (QED) is 0.357. The summed E-state index contributed by atoms with van der Waals surface area (Å²) in [4.78, 5) is 0. The third-order valence-corrected chi connectivity index (χ3v) is 5.92. The highest BCUT2D eigenvalue weighted by molar-refractivity contribution is 14.1. The van der Waals surface area contributed by atoms with Crippen LogP contribution in [0, 0.1) is 0 Å². The zero-order valence-corrected chi connectivity index (χ0v) is 17.1. The van der Waals surface area contributed by atoms with Crippen LogP contribution in [0.2, 0.25) is 0 Å². The number of fused-ring (bicyclic) bond motifs is 2. The summed E-state index contributed by atoms with van der Waals surface area (Å²) >= 11 is 2.45. The molecule has 0 atom stereocenters. The third-order valence-electron chi connectivity index (χ3n) is 5.07. The maximum atomic E-state index is 4.02. The summed E-state index contributed by atoms with van der Waals surface area (Å²) in [6, 6.07) is 18.0. The van der Waals surface area contributed by atoms with Gasteiger partial charge in [0.25, 0.3) is 0 Å². The highest BCUT2D eigenvalue weighted by Crippen LogP contribution is 2.33. The van der Waals surface area contributed by atoms with Gasteiger partial charge in [0.2, 0.25) is 0 Å². The number of rotatable bonds is 3. The van der Waals surface area contributed by atoms with Crippen molar-refractivity contribution in [3.05, 3.63) is 87.0 Å². The molecule has 3 aromatic rings. The van der Waals surface area contributed by atoms with Crippen LogP contribution in [0.15, 0.2) is 64.8 Å². The monoisotopic (exact) mass is 448 g/mol. The van der Waals surface area contributed by atoms with E-state index in [9.17, 15) is 0 Å². The van der Waals surface area contributed by atoms with E-state index >= 15 is 0 Å². The topological polar surface area (TPSA) is 0 Å². The summed E-state index contributed by atoms with van der Waals surface area (Å²) < 4.78 is 1.45. The maximum absolute atomic E-state index is 4.02. The maximum Gasteiger partial charge on any atom is -0.00847 e.